The summed E-state index contributed by atoms with van der Waals surface area (Å²) >= 11 is 6.11. The van der Waals surface area contributed by atoms with E-state index < -0.39 is 34.2 Å². The van der Waals surface area contributed by atoms with Crippen LogP contribution in [-0.2, 0) is 20.8 Å². The number of aliphatic hydroxyl groups is 1. The first-order valence-corrected chi connectivity index (χ1v) is 11.6. The van der Waals surface area contributed by atoms with Gasteiger partial charge in [0.05, 0.1) is 29.3 Å². The minimum absolute atomic E-state index is 0.00205. The maximum absolute atomic E-state index is 12.8. The molecule has 3 rings (SSSR count). The van der Waals surface area contributed by atoms with Crippen LogP contribution in [-0.4, -0.2) is 70.7 Å². The average molecular weight is 485 g/mol. The first-order valence-electron chi connectivity index (χ1n) is 11.2. The number of likely N-dealkylation sites (tertiary alicyclic amines) is 1. The molecule has 1 aromatic heterocycles. The highest BCUT2D eigenvalue weighted by Gasteiger charge is 2.55. The zero-order valence-corrected chi connectivity index (χ0v) is 20.4. The lowest BCUT2D eigenvalue weighted by Crippen LogP contribution is -2.64. The average Bonchev–Trinajstić information content (AvgIpc) is 2.72. The first kappa shape index (κ1) is 25.5. The van der Waals surface area contributed by atoms with Crippen LogP contribution in [0.3, 0.4) is 0 Å². The number of carbonyl (C=O) groups excluding carboxylic acids is 2. The van der Waals surface area contributed by atoms with Crippen LogP contribution in [0.15, 0.2) is 17.1 Å². The van der Waals surface area contributed by atoms with Crippen molar-refractivity contribution in [1.29, 1.82) is 0 Å². The summed E-state index contributed by atoms with van der Waals surface area (Å²) in [7, 11) is 0. The fraction of sp³-hybridized carbons (Fsp3) is 0.696. The van der Waals surface area contributed by atoms with Gasteiger partial charge in [0.15, 0.2) is 0 Å². The molecule has 1 aromatic rings. The minimum Gasteiger partial charge on any atom is -0.462 e. The van der Waals surface area contributed by atoms with Crippen LogP contribution >= 0.6 is 11.6 Å². The van der Waals surface area contributed by atoms with E-state index in [-0.39, 0.29) is 43.2 Å². The molecule has 1 atom stereocenters. The fourth-order valence-corrected chi connectivity index (χ4v) is 4.83. The number of rotatable bonds is 4. The van der Waals surface area contributed by atoms with Crippen LogP contribution in [0.5, 0.6) is 0 Å². The van der Waals surface area contributed by atoms with E-state index in [0.29, 0.717) is 26.1 Å². The third-order valence-electron chi connectivity index (χ3n) is 6.38. The summed E-state index contributed by atoms with van der Waals surface area (Å²) in [6.45, 7) is 8.67. The number of carbonyl (C=O) groups is 2. The molecule has 1 amide bonds. The van der Waals surface area contributed by atoms with Gasteiger partial charge < -0.3 is 28.8 Å². The molecule has 0 aliphatic carbocycles. The van der Waals surface area contributed by atoms with Gasteiger partial charge in [-0.2, -0.15) is 0 Å². The number of pyridine rings is 1. The number of halogens is 1. The quantitative estimate of drug-likeness (QED) is 0.654. The highest BCUT2D eigenvalue weighted by atomic mass is 35.5. The topological polar surface area (TPSA) is 107 Å². The van der Waals surface area contributed by atoms with Crippen LogP contribution < -0.4 is 5.56 Å². The lowest BCUT2D eigenvalue weighted by Gasteiger charge is -2.55. The largest absolute Gasteiger partial charge is 0.462 e. The fourth-order valence-electron chi connectivity index (χ4n) is 4.61. The molecule has 2 saturated heterocycles. The highest BCUT2D eigenvalue weighted by Crippen LogP contribution is 2.47. The molecular weight excluding hydrogens is 452 g/mol. The summed E-state index contributed by atoms with van der Waals surface area (Å²) in [4.78, 5) is 39.3. The van der Waals surface area contributed by atoms with Crippen LogP contribution in [0.1, 0.15) is 57.3 Å². The Kier molecular flexibility index (Phi) is 7.45. The van der Waals surface area contributed by atoms with Crippen LogP contribution in [0.25, 0.3) is 0 Å². The Labute approximate surface area is 198 Å². The van der Waals surface area contributed by atoms with Gasteiger partial charge >= 0.3 is 12.1 Å². The summed E-state index contributed by atoms with van der Waals surface area (Å²) in [5, 5.41) is 11.9. The van der Waals surface area contributed by atoms with Gasteiger partial charge in [-0.15, -0.1) is 0 Å². The Hall–Kier alpha value is -2.10. The van der Waals surface area contributed by atoms with Crippen molar-refractivity contribution in [3.8, 4) is 0 Å². The maximum Gasteiger partial charge on any atom is 0.410 e. The van der Waals surface area contributed by atoms with Gasteiger partial charge in [0.25, 0.3) is 5.56 Å². The van der Waals surface area contributed by atoms with Crippen molar-refractivity contribution in [3.05, 3.63) is 33.2 Å². The third-order valence-corrected chi connectivity index (χ3v) is 6.69. The Balaban J connectivity index is 1.92. The summed E-state index contributed by atoms with van der Waals surface area (Å²) in [5.74, 6) is -0.635. The molecule has 0 saturated carbocycles. The summed E-state index contributed by atoms with van der Waals surface area (Å²) in [6, 6.07) is 1.16. The zero-order valence-electron chi connectivity index (χ0n) is 19.7. The molecular formula is C23H33ClN2O7. The number of piperidine rings is 1. The Bertz CT molecular complexity index is 949. The number of hydrogen-bond donors (Lipinski definition) is 1. The molecule has 10 heteroatoms. The molecule has 0 radical (unpaired) electrons. The van der Waals surface area contributed by atoms with E-state index in [1.165, 1.54) is 10.8 Å². The number of aromatic nitrogens is 1. The molecule has 1 spiro atoms. The van der Waals surface area contributed by atoms with Gasteiger partial charge in [0.2, 0.25) is 0 Å². The maximum atomic E-state index is 12.8. The molecule has 33 heavy (non-hydrogen) atoms. The lowest BCUT2D eigenvalue weighted by molar-refractivity contribution is -0.176. The Morgan fingerprint density at radius 2 is 1.91 bits per heavy atom. The Morgan fingerprint density at radius 3 is 2.52 bits per heavy atom. The van der Waals surface area contributed by atoms with Gasteiger partial charge in [-0.3, -0.25) is 4.79 Å². The van der Waals surface area contributed by atoms with E-state index in [9.17, 15) is 19.5 Å². The van der Waals surface area contributed by atoms with Crippen LogP contribution in [0.4, 0.5) is 4.79 Å². The van der Waals surface area contributed by atoms with Gasteiger partial charge in [0.1, 0.15) is 5.60 Å². The van der Waals surface area contributed by atoms with E-state index in [4.69, 9.17) is 25.8 Å². The second-order valence-corrected chi connectivity index (χ2v) is 10.2. The van der Waals surface area contributed by atoms with E-state index in [2.05, 4.69) is 0 Å². The van der Waals surface area contributed by atoms with Crippen molar-refractivity contribution < 1.29 is 28.9 Å². The second kappa shape index (κ2) is 9.64. The number of nitrogens with zero attached hydrogens (tertiary/aromatic N) is 2. The molecule has 2 aliphatic rings. The molecule has 0 aromatic carbocycles. The van der Waals surface area contributed by atoms with Gasteiger partial charge in [-0.05, 0) is 47.0 Å². The number of ether oxygens (including phenoxy) is 3. The lowest BCUT2D eigenvalue weighted by atomic mass is 9.63. The number of hydrogen-bond acceptors (Lipinski definition) is 7. The SMILES string of the molecule is CCOC(=O)c1cn(CC2(O)CCN(C(=O)OC(C)(C)C)CC23CCOCC3)c(=O)cc1Cl. The van der Waals surface area contributed by atoms with E-state index in [0.717, 1.165) is 6.07 Å². The normalized spacial score (nSPS) is 22.8. The van der Waals surface area contributed by atoms with Gasteiger partial charge in [-0.25, -0.2) is 9.59 Å². The third kappa shape index (κ3) is 5.53. The summed E-state index contributed by atoms with van der Waals surface area (Å²) in [6.07, 6.45) is 2.21. The second-order valence-electron chi connectivity index (χ2n) is 9.80. The van der Waals surface area contributed by atoms with E-state index >= 15 is 0 Å². The molecule has 9 nitrogen and oxygen atoms in total. The predicted octanol–water partition coefficient (Wildman–Crippen LogP) is 2.85. The van der Waals surface area contributed by atoms with Crippen molar-refractivity contribution in [2.45, 2.75) is 64.7 Å². The smallest absolute Gasteiger partial charge is 0.410 e. The molecule has 184 valence electrons. The van der Waals surface area contributed by atoms with Crippen LogP contribution in [0.2, 0.25) is 5.02 Å². The molecule has 1 N–H and O–H groups in total. The van der Waals surface area contributed by atoms with Crippen molar-refractivity contribution in [2.24, 2.45) is 5.41 Å². The Morgan fingerprint density at radius 1 is 1.24 bits per heavy atom. The molecule has 2 fully saturated rings. The van der Waals surface area contributed by atoms with Gasteiger partial charge in [0, 0.05) is 44.0 Å². The van der Waals surface area contributed by atoms with Crippen LogP contribution in [0, 0.1) is 5.41 Å². The van der Waals surface area contributed by atoms with Crippen molar-refractivity contribution >= 4 is 23.7 Å². The number of amides is 1. The summed E-state index contributed by atoms with van der Waals surface area (Å²) in [5.41, 5.74) is -3.00. The van der Waals surface area contributed by atoms with E-state index in [1.54, 1.807) is 11.8 Å². The minimum atomic E-state index is -1.31. The zero-order chi connectivity index (χ0) is 24.4. The molecule has 2 aliphatic heterocycles. The highest BCUT2D eigenvalue weighted by molar-refractivity contribution is 6.33. The molecule has 0 bridgehead atoms. The first-order chi connectivity index (χ1) is 15.4. The standard InChI is InChI=1S/C23H33ClN2O7/c1-5-32-19(28)16-13-26(18(27)12-17(16)24)15-23(30)6-9-25(20(29)33-21(2,3)4)14-22(23)7-10-31-11-8-22/h12-13,30H,5-11,14-15H2,1-4H3. The predicted molar refractivity (Wildman–Crippen MR) is 122 cm³/mol. The molecule has 1 unspecified atom stereocenters. The molecule has 3 heterocycles. The summed E-state index contributed by atoms with van der Waals surface area (Å²) < 4.78 is 17.4. The number of esters is 1. The van der Waals surface area contributed by atoms with Gasteiger partial charge in [-0.1, -0.05) is 11.6 Å². The monoisotopic (exact) mass is 484 g/mol. The van der Waals surface area contributed by atoms with Crippen molar-refractivity contribution in [2.75, 3.05) is 32.9 Å². The van der Waals surface area contributed by atoms with Crippen molar-refractivity contribution in [1.82, 2.24) is 9.47 Å². The van der Waals surface area contributed by atoms with Crippen molar-refractivity contribution in [3.63, 3.8) is 0 Å². The van der Waals surface area contributed by atoms with E-state index in [1.807, 2.05) is 20.8 Å².